The summed E-state index contributed by atoms with van der Waals surface area (Å²) in [6, 6.07) is 8.02. The van der Waals surface area contributed by atoms with E-state index in [1.54, 1.807) is 0 Å². The lowest BCUT2D eigenvalue weighted by molar-refractivity contribution is 0.0756. The molecule has 2 atom stereocenters. The fourth-order valence-electron chi connectivity index (χ4n) is 4.88. The van der Waals surface area contributed by atoms with Crippen molar-refractivity contribution in [3.63, 3.8) is 0 Å². The van der Waals surface area contributed by atoms with Gasteiger partial charge in [0.25, 0.3) is 11.8 Å². The highest BCUT2D eigenvalue weighted by Crippen LogP contribution is 2.40. The van der Waals surface area contributed by atoms with Crippen molar-refractivity contribution in [2.24, 2.45) is 17.6 Å². The van der Waals surface area contributed by atoms with Gasteiger partial charge in [-0.05, 0) is 74.6 Å². The Balaban J connectivity index is 0.00000192. The second kappa shape index (κ2) is 7.84. The fourth-order valence-corrected chi connectivity index (χ4v) is 4.88. The van der Waals surface area contributed by atoms with Crippen LogP contribution in [0.5, 0.6) is 0 Å². The molecule has 0 radical (unpaired) electrons. The summed E-state index contributed by atoms with van der Waals surface area (Å²) in [6.07, 6.45) is 7.96. The Kier molecular flexibility index (Phi) is 5.43. The van der Waals surface area contributed by atoms with E-state index in [1.807, 2.05) is 24.3 Å². The van der Waals surface area contributed by atoms with Crippen LogP contribution in [0.2, 0.25) is 0 Å². The number of halogens is 1. The summed E-state index contributed by atoms with van der Waals surface area (Å²) in [4.78, 5) is 17.2. The van der Waals surface area contributed by atoms with Crippen LogP contribution in [0.4, 0.5) is 0 Å². The Morgan fingerprint density at radius 1 is 1.07 bits per heavy atom. The maximum absolute atomic E-state index is 12.8. The molecular formula is C21H27ClN4O2. The molecule has 3 fully saturated rings. The lowest BCUT2D eigenvalue weighted by atomic mass is 9.67. The summed E-state index contributed by atoms with van der Waals surface area (Å²) in [5.41, 5.74) is 7.72. The minimum Gasteiger partial charge on any atom is -0.349 e. The van der Waals surface area contributed by atoms with Gasteiger partial charge in [-0.1, -0.05) is 11.6 Å². The zero-order valence-corrected chi connectivity index (χ0v) is 16.7. The van der Waals surface area contributed by atoms with Crippen LogP contribution in [0.25, 0.3) is 11.5 Å². The first-order valence-electron chi connectivity index (χ1n) is 10.2. The third-order valence-corrected chi connectivity index (χ3v) is 6.45. The molecule has 1 aromatic heterocycles. The average Bonchev–Trinajstić information content (AvgIpc) is 3.39. The van der Waals surface area contributed by atoms with E-state index in [9.17, 15) is 4.79 Å². The zero-order valence-electron chi connectivity index (χ0n) is 15.8. The number of aromatic nitrogens is 2. The van der Waals surface area contributed by atoms with Crippen molar-refractivity contribution < 1.29 is 9.32 Å². The number of benzene rings is 1. The van der Waals surface area contributed by atoms with Gasteiger partial charge in [0.1, 0.15) is 0 Å². The molecule has 150 valence electrons. The molecule has 7 heteroatoms. The molecule has 0 saturated heterocycles. The number of amides is 1. The van der Waals surface area contributed by atoms with Crippen molar-refractivity contribution in [3.8, 4) is 11.5 Å². The molecule has 0 aliphatic heterocycles. The molecule has 0 spiro atoms. The first-order valence-corrected chi connectivity index (χ1v) is 10.2. The van der Waals surface area contributed by atoms with E-state index in [0.717, 1.165) is 37.1 Å². The highest BCUT2D eigenvalue weighted by molar-refractivity contribution is 5.94. The Morgan fingerprint density at radius 3 is 2.39 bits per heavy atom. The van der Waals surface area contributed by atoms with E-state index in [-0.39, 0.29) is 24.4 Å². The Hall–Kier alpha value is -1.92. The van der Waals surface area contributed by atoms with Crippen molar-refractivity contribution in [2.45, 2.75) is 62.9 Å². The van der Waals surface area contributed by atoms with E-state index in [4.69, 9.17) is 10.3 Å². The smallest absolute Gasteiger partial charge is 0.257 e. The predicted octanol–water partition coefficient (Wildman–Crippen LogP) is 3.67. The van der Waals surface area contributed by atoms with Gasteiger partial charge in [0.05, 0.1) is 0 Å². The third-order valence-electron chi connectivity index (χ3n) is 6.45. The highest BCUT2D eigenvalue weighted by atomic mass is 35.5. The Bertz CT molecular complexity index is 819. The van der Waals surface area contributed by atoms with Crippen LogP contribution in [0, 0.1) is 11.8 Å². The maximum Gasteiger partial charge on any atom is 0.257 e. The second-order valence-corrected chi connectivity index (χ2v) is 8.49. The molecule has 1 amide bonds. The lowest BCUT2D eigenvalue weighted by Crippen LogP contribution is -2.53. The summed E-state index contributed by atoms with van der Waals surface area (Å²) in [6.45, 7) is 0. The molecule has 3 N–H and O–H groups in total. The average molecular weight is 403 g/mol. The van der Waals surface area contributed by atoms with Crippen LogP contribution in [0.3, 0.4) is 0 Å². The van der Waals surface area contributed by atoms with Crippen LogP contribution in [0.1, 0.15) is 67.0 Å². The van der Waals surface area contributed by atoms with Crippen LogP contribution in [0.15, 0.2) is 28.8 Å². The fraction of sp³-hybridized carbons (Fsp3) is 0.571. The summed E-state index contributed by atoms with van der Waals surface area (Å²) >= 11 is 0. The van der Waals surface area contributed by atoms with Crippen LogP contribution < -0.4 is 11.1 Å². The van der Waals surface area contributed by atoms with Crippen molar-refractivity contribution in [1.82, 2.24) is 15.5 Å². The van der Waals surface area contributed by atoms with E-state index < -0.39 is 0 Å². The second-order valence-electron chi connectivity index (χ2n) is 8.49. The van der Waals surface area contributed by atoms with Gasteiger partial charge in [0.15, 0.2) is 5.82 Å². The Morgan fingerprint density at radius 2 is 1.75 bits per heavy atom. The SMILES string of the molecule is Cl.NC1CC2CCCC(C1)C2NC(=O)c1ccc(-c2nc(C3CC3)no2)cc1. The van der Waals surface area contributed by atoms with Gasteiger partial charge >= 0.3 is 0 Å². The number of rotatable bonds is 4. The molecule has 28 heavy (non-hydrogen) atoms. The van der Waals surface area contributed by atoms with Crippen molar-refractivity contribution >= 4 is 18.3 Å². The number of nitrogens with one attached hydrogen (secondary N) is 1. The largest absolute Gasteiger partial charge is 0.349 e. The molecule has 3 saturated carbocycles. The van der Waals surface area contributed by atoms with Crippen molar-refractivity contribution in [1.29, 1.82) is 0 Å². The minimum absolute atomic E-state index is 0. The van der Waals surface area contributed by atoms with E-state index in [0.29, 0.717) is 35.2 Å². The van der Waals surface area contributed by atoms with Gasteiger partial charge < -0.3 is 15.6 Å². The molecule has 1 aromatic carbocycles. The number of carbonyl (C=O) groups excluding carboxylic acids is 1. The third kappa shape index (κ3) is 3.80. The minimum atomic E-state index is 0. The van der Waals surface area contributed by atoms with Gasteiger partial charge in [-0.2, -0.15) is 4.98 Å². The topological polar surface area (TPSA) is 94.0 Å². The number of nitrogens with zero attached hydrogens (tertiary/aromatic N) is 2. The normalized spacial score (nSPS) is 29.0. The number of nitrogens with two attached hydrogens (primary N) is 1. The highest BCUT2D eigenvalue weighted by Gasteiger charge is 2.40. The van der Waals surface area contributed by atoms with Crippen LogP contribution in [-0.2, 0) is 0 Å². The molecular weight excluding hydrogens is 376 g/mol. The monoisotopic (exact) mass is 402 g/mol. The van der Waals surface area contributed by atoms with Crippen molar-refractivity contribution in [2.75, 3.05) is 0 Å². The summed E-state index contributed by atoms with van der Waals surface area (Å²) < 4.78 is 5.36. The van der Waals surface area contributed by atoms with E-state index in [2.05, 4.69) is 15.5 Å². The molecule has 2 unspecified atom stereocenters. The maximum atomic E-state index is 12.8. The first kappa shape index (κ1) is 19.4. The summed E-state index contributed by atoms with van der Waals surface area (Å²) in [7, 11) is 0. The van der Waals surface area contributed by atoms with Gasteiger partial charge in [-0.15, -0.1) is 12.4 Å². The number of carbonyl (C=O) groups is 1. The summed E-state index contributed by atoms with van der Waals surface area (Å²) in [5.74, 6) is 2.84. The van der Waals surface area contributed by atoms with Gasteiger partial charge in [0.2, 0.25) is 0 Å². The molecule has 1 heterocycles. The van der Waals surface area contributed by atoms with Crippen LogP contribution >= 0.6 is 12.4 Å². The standard InChI is InChI=1S/C21H26N4O2.ClH/c22-17-10-15-2-1-3-16(11-17)18(15)23-20(26)13-6-8-14(9-7-13)21-24-19(25-27-21)12-4-5-12;/h6-9,12,15-18H,1-5,10-11,22H2,(H,23,26);1H. The molecule has 2 bridgehead atoms. The van der Waals surface area contributed by atoms with Crippen LogP contribution in [-0.4, -0.2) is 28.1 Å². The number of hydrogen-bond donors (Lipinski definition) is 2. The van der Waals surface area contributed by atoms with Crippen molar-refractivity contribution in [3.05, 3.63) is 35.7 Å². The Labute approximate surface area is 171 Å². The van der Waals surface area contributed by atoms with E-state index >= 15 is 0 Å². The molecule has 3 aliphatic rings. The lowest BCUT2D eigenvalue weighted by Gasteiger charge is -2.45. The predicted molar refractivity (Wildman–Crippen MR) is 108 cm³/mol. The molecule has 6 nitrogen and oxygen atoms in total. The van der Waals surface area contributed by atoms with E-state index in [1.165, 1.54) is 19.3 Å². The molecule has 2 aromatic rings. The zero-order chi connectivity index (χ0) is 18.4. The quantitative estimate of drug-likeness (QED) is 0.813. The first-order chi connectivity index (χ1) is 13.2. The van der Waals surface area contributed by atoms with Gasteiger partial charge in [-0.3, -0.25) is 4.79 Å². The number of hydrogen-bond acceptors (Lipinski definition) is 5. The molecule has 5 rings (SSSR count). The molecule has 3 aliphatic carbocycles. The summed E-state index contributed by atoms with van der Waals surface area (Å²) in [5, 5.41) is 7.35. The number of fused-ring (bicyclic) bond motifs is 2. The van der Waals surface area contributed by atoms with Gasteiger partial charge in [-0.25, -0.2) is 0 Å². The van der Waals surface area contributed by atoms with Gasteiger partial charge in [0, 0.05) is 29.1 Å².